The van der Waals surface area contributed by atoms with Gasteiger partial charge in [-0.3, -0.25) is 4.79 Å². The van der Waals surface area contributed by atoms with Crippen molar-refractivity contribution in [1.29, 1.82) is 0 Å². The highest BCUT2D eigenvalue weighted by atomic mass is 16.5. The smallest absolute Gasteiger partial charge is 0.409 e. The maximum Gasteiger partial charge on any atom is 0.409 e. The van der Waals surface area contributed by atoms with Gasteiger partial charge in [0.2, 0.25) is 0 Å². The molecule has 2 heterocycles. The Labute approximate surface area is 119 Å². The van der Waals surface area contributed by atoms with Crippen molar-refractivity contribution < 1.29 is 19.1 Å². The van der Waals surface area contributed by atoms with Crippen LogP contribution in [0.3, 0.4) is 0 Å². The normalized spacial score (nSPS) is 35.3. The minimum absolute atomic E-state index is 0.205. The Kier molecular flexibility index (Phi) is 3.94. The van der Waals surface area contributed by atoms with Crippen LogP contribution in [0.1, 0.15) is 26.2 Å². The van der Waals surface area contributed by atoms with E-state index in [0.29, 0.717) is 13.0 Å². The highest BCUT2D eigenvalue weighted by Gasteiger charge is 2.60. The van der Waals surface area contributed by atoms with Gasteiger partial charge < -0.3 is 14.4 Å². The molecule has 20 heavy (non-hydrogen) atoms. The molecule has 3 fully saturated rings. The molecule has 2 saturated heterocycles. The monoisotopic (exact) mass is 279 g/mol. The summed E-state index contributed by atoms with van der Waals surface area (Å²) in [5.41, 5.74) is -1.04. The van der Waals surface area contributed by atoms with Crippen molar-refractivity contribution in [2.75, 3.05) is 20.8 Å². The minimum Gasteiger partial charge on any atom is -0.468 e. The topological polar surface area (TPSA) is 55.8 Å². The Morgan fingerprint density at radius 3 is 2.60 bits per heavy atom. The average Bonchev–Trinajstić information content (AvgIpc) is 2.52. The van der Waals surface area contributed by atoms with Crippen LogP contribution >= 0.6 is 0 Å². The van der Waals surface area contributed by atoms with Crippen molar-refractivity contribution in [1.82, 2.24) is 4.90 Å². The standard InChI is InChI=1S/C15H21NO4/c1-5-11-7-10-8-15(6-2,13(17)19-3)12(11)16(9-10)14(18)20-4/h2,10-12H,5,7-9H2,1,3-4H3/t10-,11+,12+,15+/m1/s1. The number of terminal acetylenes is 1. The lowest BCUT2D eigenvalue weighted by molar-refractivity contribution is -0.164. The Bertz CT molecular complexity index is 455. The minimum atomic E-state index is -1.04. The predicted molar refractivity (Wildman–Crippen MR) is 72.7 cm³/mol. The Morgan fingerprint density at radius 1 is 1.40 bits per heavy atom. The third kappa shape index (κ3) is 1.94. The average molecular weight is 279 g/mol. The van der Waals surface area contributed by atoms with Gasteiger partial charge in [0.05, 0.1) is 20.3 Å². The van der Waals surface area contributed by atoms with Crippen molar-refractivity contribution in [2.45, 2.75) is 32.2 Å². The van der Waals surface area contributed by atoms with Crippen molar-refractivity contribution in [3.05, 3.63) is 0 Å². The van der Waals surface area contributed by atoms with E-state index in [9.17, 15) is 9.59 Å². The third-order valence-electron chi connectivity index (χ3n) is 4.73. The van der Waals surface area contributed by atoms with Gasteiger partial charge in [0, 0.05) is 6.54 Å². The van der Waals surface area contributed by atoms with Crippen molar-refractivity contribution in [2.24, 2.45) is 17.3 Å². The molecule has 4 atom stereocenters. The summed E-state index contributed by atoms with van der Waals surface area (Å²) in [5.74, 6) is 2.66. The van der Waals surface area contributed by atoms with Crippen LogP contribution in [0.5, 0.6) is 0 Å². The molecule has 5 heteroatoms. The fourth-order valence-electron chi connectivity index (χ4n) is 3.95. The van der Waals surface area contributed by atoms with Crippen LogP contribution in [-0.2, 0) is 14.3 Å². The lowest BCUT2D eigenvalue weighted by Gasteiger charge is -2.56. The first-order chi connectivity index (χ1) is 9.53. The van der Waals surface area contributed by atoms with Crippen LogP contribution in [0.4, 0.5) is 4.79 Å². The molecule has 0 radical (unpaired) electrons. The number of piperidine rings is 2. The number of methoxy groups -OCH3 is 2. The molecule has 3 rings (SSSR count). The van der Waals surface area contributed by atoms with E-state index >= 15 is 0 Å². The number of carbonyl (C=O) groups is 2. The van der Waals surface area contributed by atoms with Gasteiger partial charge in [0.15, 0.2) is 0 Å². The molecule has 2 aliphatic heterocycles. The molecule has 1 saturated carbocycles. The molecule has 110 valence electrons. The van der Waals surface area contributed by atoms with Crippen LogP contribution in [0.15, 0.2) is 0 Å². The molecule has 2 bridgehead atoms. The van der Waals surface area contributed by atoms with Gasteiger partial charge in [-0.2, -0.15) is 0 Å². The molecule has 0 spiro atoms. The number of esters is 1. The zero-order valence-electron chi connectivity index (χ0n) is 12.2. The van der Waals surface area contributed by atoms with Crippen molar-refractivity contribution in [3.63, 3.8) is 0 Å². The summed E-state index contributed by atoms with van der Waals surface area (Å²) >= 11 is 0. The first-order valence-electron chi connectivity index (χ1n) is 6.94. The molecular formula is C15H21NO4. The van der Waals surface area contributed by atoms with Crippen LogP contribution in [0.25, 0.3) is 0 Å². The molecule has 3 aliphatic rings. The molecule has 1 aliphatic carbocycles. The summed E-state index contributed by atoms with van der Waals surface area (Å²) in [7, 11) is 2.69. The van der Waals surface area contributed by atoms with Crippen LogP contribution in [0, 0.1) is 29.6 Å². The lowest BCUT2D eigenvalue weighted by Crippen LogP contribution is -2.66. The molecule has 1 amide bonds. The molecule has 0 aromatic carbocycles. The largest absolute Gasteiger partial charge is 0.468 e. The lowest BCUT2D eigenvalue weighted by atomic mass is 9.58. The van der Waals surface area contributed by atoms with E-state index < -0.39 is 17.5 Å². The zero-order valence-corrected chi connectivity index (χ0v) is 12.2. The van der Waals surface area contributed by atoms with Gasteiger partial charge in [-0.05, 0) is 24.7 Å². The molecular weight excluding hydrogens is 258 g/mol. The number of carbonyl (C=O) groups excluding carboxylic acids is 2. The zero-order chi connectivity index (χ0) is 14.9. The highest BCUT2D eigenvalue weighted by Crippen LogP contribution is 2.51. The van der Waals surface area contributed by atoms with E-state index in [0.717, 1.165) is 12.8 Å². The highest BCUT2D eigenvalue weighted by molar-refractivity contribution is 5.83. The van der Waals surface area contributed by atoms with E-state index in [4.69, 9.17) is 15.9 Å². The number of amides is 1. The van der Waals surface area contributed by atoms with Crippen LogP contribution in [0.2, 0.25) is 0 Å². The molecule has 0 aromatic heterocycles. The Hall–Kier alpha value is -1.70. The van der Waals surface area contributed by atoms with Gasteiger partial charge in [0.1, 0.15) is 5.41 Å². The number of ether oxygens (including phenoxy) is 2. The van der Waals surface area contributed by atoms with E-state index in [-0.39, 0.29) is 17.9 Å². The molecule has 0 unspecified atom stereocenters. The number of hydrogen-bond donors (Lipinski definition) is 0. The van der Waals surface area contributed by atoms with Gasteiger partial charge in [-0.1, -0.05) is 19.3 Å². The second-order valence-corrected chi connectivity index (χ2v) is 5.65. The van der Waals surface area contributed by atoms with Gasteiger partial charge in [-0.25, -0.2) is 4.79 Å². The number of fused-ring (bicyclic) bond motifs is 3. The summed E-state index contributed by atoms with van der Waals surface area (Å²) in [6.07, 6.45) is 7.73. The first-order valence-corrected chi connectivity index (χ1v) is 6.94. The predicted octanol–water partition coefficient (Wildman–Crippen LogP) is 1.67. The quantitative estimate of drug-likeness (QED) is 0.570. The van der Waals surface area contributed by atoms with Gasteiger partial charge >= 0.3 is 12.1 Å². The second-order valence-electron chi connectivity index (χ2n) is 5.65. The van der Waals surface area contributed by atoms with Crippen molar-refractivity contribution >= 4 is 12.1 Å². The SMILES string of the molecule is C#C[C@]1(C(=O)OC)C[C@H]2C[C@H](CC)[C@@H]1N(C(=O)OC)C2. The maximum atomic E-state index is 12.3. The Balaban J connectivity index is 2.46. The van der Waals surface area contributed by atoms with E-state index in [1.807, 2.05) is 0 Å². The summed E-state index contributed by atoms with van der Waals surface area (Å²) in [4.78, 5) is 25.9. The van der Waals surface area contributed by atoms with Crippen LogP contribution in [-0.4, -0.2) is 43.8 Å². The summed E-state index contributed by atoms with van der Waals surface area (Å²) in [6, 6.07) is -0.331. The maximum absolute atomic E-state index is 12.3. The van der Waals surface area contributed by atoms with E-state index in [2.05, 4.69) is 12.8 Å². The summed E-state index contributed by atoms with van der Waals surface area (Å²) in [5, 5.41) is 0. The van der Waals surface area contributed by atoms with E-state index in [1.54, 1.807) is 4.90 Å². The molecule has 0 N–H and O–H groups in total. The number of nitrogens with zero attached hydrogens (tertiary/aromatic N) is 1. The number of hydrogen-bond acceptors (Lipinski definition) is 4. The molecule has 5 nitrogen and oxygen atoms in total. The van der Waals surface area contributed by atoms with E-state index in [1.165, 1.54) is 14.2 Å². The fourth-order valence-corrected chi connectivity index (χ4v) is 3.95. The van der Waals surface area contributed by atoms with Gasteiger partial charge in [-0.15, -0.1) is 6.42 Å². The van der Waals surface area contributed by atoms with Crippen molar-refractivity contribution in [3.8, 4) is 12.3 Å². The fraction of sp³-hybridized carbons (Fsp3) is 0.733. The number of rotatable bonds is 2. The first kappa shape index (κ1) is 14.7. The van der Waals surface area contributed by atoms with Crippen LogP contribution < -0.4 is 0 Å². The second kappa shape index (κ2) is 5.35. The summed E-state index contributed by atoms with van der Waals surface area (Å²) in [6.45, 7) is 2.66. The summed E-state index contributed by atoms with van der Waals surface area (Å²) < 4.78 is 9.78. The van der Waals surface area contributed by atoms with Gasteiger partial charge in [0.25, 0.3) is 0 Å². The Morgan fingerprint density at radius 2 is 2.10 bits per heavy atom. The molecule has 0 aromatic rings. The third-order valence-corrected chi connectivity index (χ3v) is 4.73.